The van der Waals surface area contributed by atoms with E-state index in [1.807, 2.05) is 12.1 Å². The zero-order valence-electron chi connectivity index (χ0n) is 16.0. The predicted molar refractivity (Wildman–Crippen MR) is 114 cm³/mol. The lowest BCUT2D eigenvalue weighted by molar-refractivity contribution is -0.126. The normalized spacial score (nSPS) is 21.7. The monoisotopic (exact) mass is 459 g/mol. The lowest BCUT2D eigenvalue weighted by atomic mass is 10.1. The summed E-state index contributed by atoms with van der Waals surface area (Å²) >= 11 is 3.50. The topological polar surface area (TPSA) is 52.7 Å². The zero-order chi connectivity index (χ0) is 20.4. The molecule has 2 fully saturated rings. The van der Waals surface area contributed by atoms with Gasteiger partial charge in [-0.3, -0.25) is 9.59 Å². The summed E-state index contributed by atoms with van der Waals surface area (Å²) in [5.74, 6) is -0.849. The maximum atomic E-state index is 14.0. The molecule has 2 heterocycles. The molecule has 5 nitrogen and oxygen atoms in total. The highest BCUT2D eigenvalue weighted by Crippen LogP contribution is 2.28. The average Bonchev–Trinajstić information content (AvgIpc) is 3.33. The van der Waals surface area contributed by atoms with Crippen LogP contribution in [0.5, 0.6) is 0 Å². The van der Waals surface area contributed by atoms with E-state index in [0.717, 1.165) is 24.0 Å². The van der Waals surface area contributed by atoms with Gasteiger partial charge in [-0.25, -0.2) is 4.39 Å². The lowest BCUT2D eigenvalue weighted by Gasteiger charge is -2.20. The molecule has 2 aromatic carbocycles. The Morgan fingerprint density at radius 2 is 2.00 bits per heavy atom. The number of rotatable bonds is 5. The molecule has 1 N–H and O–H groups in total. The van der Waals surface area contributed by atoms with E-state index in [4.69, 9.17) is 0 Å². The fraction of sp³-hybridized carbons (Fsp3) is 0.364. The van der Waals surface area contributed by atoms with E-state index in [9.17, 15) is 14.0 Å². The van der Waals surface area contributed by atoms with E-state index >= 15 is 0 Å². The molecule has 29 heavy (non-hydrogen) atoms. The molecule has 4 rings (SSSR count). The van der Waals surface area contributed by atoms with E-state index in [1.54, 1.807) is 18.2 Å². The molecule has 0 bridgehead atoms. The first-order chi connectivity index (χ1) is 14.0. The van der Waals surface area contributed by atoms with Gasteiger partial charge in [0.25, 0.3) is 0 Å². The number of hydrogen-bond donors (Lipinski definition) is 1. The molecule has 2 aliphatic rings. The molecule has 2 unspecified atom stereocenters. The minimum Gasteiger partial charge on any atom is -0.371 e. The summed E-state index contributed by atoms with van der Waals surface area (Å²) in [7, 11) is 0. The molecule has 2 saturated heterocycles. The number of carbonyl (C=O) groups excluding carboxylic acids is 2. The number of benzene rings is 2. The number of nitrogens with one attached hydrogen (secondary N) is 1. The third-order valence-electron chi connectivity index (χ3n) is 5.66. The summed E-state index contributed by atoms with van der Waals surface area (Å²) in [5.41, 5.74) is 1.42. The molecule has 2 aliphatic heterocycles. The van der Waals surface area contributed by atoms with E-state index in [1.165, 1.54) is 16.7 Å². The van der Waals surface area contributed by atoms with Gasteiger partial charge in [-0.05, 0) is 42.7 Å². The van der Waals surface area contributed by atoms with Crippen LogP contribution in [0.3, 0.4) is 0 Å². The van der Waals surface area contributed by atoms with Gasteiger partial charge < -0.3 is 15.1 Å². The highest BCUT2D eigenvalue weighted by Gasteiger charge is 2.36. The highest BCUT2D eigenvalue weighted by molar-refractivity contribution is 9.10. The number of nitrogens with zero attached hydrogens (tertiary/aromatic N) is 2. The van der Waals surface area contributed by atoms with Crippen LogP contribution in [-0.4, -0.2) is 38.0 Å². The number of hydrogen-bond acceptors (Lipinski definition) is 3. The molecule has 0 saturated carbocycles. The van der Waals surface area contributed by atoms with Crippen LogP contribution in [0, 0.1) is 17.7 Å². The maximum absolute atomic E-state index is 14.0. The Labute approximate surface area is 178 Å². The second-order valence-corrected chi connectivity index (χ2v) is 8.60. The van der Waals surface area contributed by atoms with E-state index in [2.05, 4.69) is 38.3 Å². The smallest absolute Gasteiger partial charge is 0.227 e. The first-order valence-corrected chi connectivity index (χ1v) is 10.6. The third kappa shape index (κ3) is 4.45. The Hall–Kier alpha value is -2.41. The zero-order valence-corrected chi connectivity index (χ0v) is 17.6. The fourth-order valence-electron chi connectivity index (χ4n) is 4.08. The number of anilines is 2. The second-order valence-electron chi connectivity index (χ2n) is 7.68. The Balaban J connectivity index is 1.29. The van der Waals surface area contributed by atoms with Gasteiger partial charge in [-0.1, -0.05) is 34.1 Å². The molecule has 0 radical (unpaired) electrons. The molecule has 0 spiro atoms. The van der Waals surface area contributed by atoms with Crippen molar-refractivity contribution in [1.82, 2.24) is 5.32 Å². The summed E-state index contributed by atoms with van der Waals surface area (Å²) in [6.07, 6.45) is 1.13. The van der Waals surface area contributed by atoms with Crippen molar-refractivity contribution in [2.24, 2.45) is 11.8 Å². The number of carbonyl (C=O) groups is 2. The summed E-state index contributed by atoms with van der Waals surface area (Å²) in [6, 6.07) is 14.4. The fourth-order valence-corrected chi connectivity index (χ4v) is 4.47. The van der Waals surface area contributed by atoms with Crippen LogP contribution in [0.2, 0.25) is 0 Å². The minimum absolute atomic E-state index is 0.120. The standard InChI is InChI=1S/C22H23BrFN3O2/c23-17-4-3-5-18(11-17)26-9-8-15(13-26)12-25-22(29)16-10-21(28)27(14-16)20-7-2-1-6-19(20)24/h1-7,11,15-16H,8-10,12-14H2,(H,25,29). The van der Waals surface area contributed by atoms with Crippen molar-refractivity contribution >= 4 is 39.1 Å². The highest BCUT2D eigenvalue weighted by atomic mass is 79.9. The molecular formula is C22H23BrFN3O2. The van der Waals surface area contributed by atoms with E-state index < -0.39 is 11.7 Å². The predicted octanol–water partition coefficient (Wildman–Crippen LogP) is 3.58. The van der Waals surface area contributed by atoms with Crippen molar-refractivity contribution < 1.29 is 14.0 Å². The van der Waals surface area contributed by atoms with Crippen molar-refractivity contribution in [2.75, 3.05) is 36.0 Å². The van der Waals surface area contributed by atoms with Crippen molar-refractivity contribution in [2.45, 2.75) is 12.8 Å². The average molecular weight is 460 g/mol. The molecule has 0 aliphatic carbocycles. The van der Waals surface area contributed by atoms with Gasteiger partial charge in [0.2, 0.25) is 11.8 Å². The largest absolute Gasteiger partial charge is 0.371 e. The van der Waals surface area contributed by atoms with Crippen molar-refractivity contribution in [1.29, 1.82) is 0 Å². The minimum atomic E-state index is -0.444. The Kier molecular flexibility index (Phi) is 5.85. The molecule has 152 valence electrons. The molecular weight excluding hydrogens is 437 g/mol. The van der Waals surface area contributed by atoms with Crippen molar-refractivity contribution in [3.8, 4) is 0 Å². The Morgan fingerprint density at radius 3 is 2.79 bits per heavy atom. The Morgan fingerprint density at radius 1 is 1.17 bits per heavy atom. The van der Waals surface area contributed by atoms with Gasteiger partial charge in [-0.2, -0.15) is 0 Å². The molecule has 0 aromatic heterocycles. The number of halogens is 2. The van der Waals surface area contributed by atoms with Crippen LogP contribution < -0.4 is 15.1 Å². The van der Waals surface area contributed by atoms with Crippen LogP contribution in [0.4, 0.5) is 15.8 Å². The lowest BCUT2D eigenvalue weighted by Crippen LogP contribution is -2.36. The Bertz CT molecular complexity index is 922. The number of amides is 2. The second kappa shape index (κ2) is 8.53. The molecule has 7 heteroatoms. The van der Waals surface area contributed by atoms with Crippen LogP contribution in [0.25, 0.3) is 0 Å². The molecule has 2 amide bonds. The third-order valence-corrected chi connectivity index (χ3v) is 6.16. The first-order valence-electron chi connectivity index (χ1n) is 9.84. The SMILES string of the molecule is O=C(NCC1CCN(c2cccc(Br)c2)C1)C1CC(=O)N(c2ccccc2F)C1. The van der Waals surface area contributed by atoms with Crippen molar-refractivity contribution in [3.05, 3.63) is 58.8 Å². The summed E-state index contributed by atoms with van der Waals surface area (Å²) in [6.45, 7) is 2.66. The summed E-state index contributed by atoms with van der Waals surface area (Å²) in [4.78, 5) is 28.6. The van der Waals surface area contributed by atoms with Gasteiger partial charge in [-0.15, -0.1) is 0 Å². The first kappa shape index (κ1) is 19.9. The molecule has 2 atom stereocenters. The summed E-state index contributed by atoms with van der Waals surface area (Å²) in [5, 5.41) is 3.01. The van der Waals surface area contributed by atoms with Crippen LogP contribution in [0.1, 0.15) is 12.8 Å². The summed E-state index contributed by atoms with van der Waals surface area (Å²) < 4.78 is 15.0. The van der Waals surface area contributed by atoms with Gasteiger partial charge in [0.05, 0.1) is 11.6 Å². The van der Waals surface area contributed by atoms with Crippen LogP contribution in [0.15, 0.2) is 53.0 Å². The van der Waals surface area contributed by atoms with E-state index in [-0.39, 0.29) is 30.5 Å². The van der Waals surface area contributed by atoms with Gasteiger partial charge >= 0.3 is 0 Å². The quantitative estimate of drug-likeness (QED) is 0.743. The van der Waals surface area contributed by atoms with E-state index in [0.29, 0.717) is 12.5 Å². The van der Waals surface area contributed by atoms with Crippen LogP contribution >= 0.6 is 15.9 Å². The van der Waals surface area contributed by atoms with Crippen molar-refractivity contribution in [3.63, 3.8) is 0 Å². The molecule has 2 aromatic rings. The van der Waals surface area contributed by atoms with Gasteiger partial charge in [0, 0.05) is 42.8 Å². The van der Waals surface area contributed by atoms with Gasteiger partial charge in [0.15, 0.2) is 0 Å². The van der Waals surface area contributed by atoms with Gasteiger partial charge in [0.1, 0.15) is 5.82 Å². The maximum Gasteiger partial charge on any atom is 0.227 e. The number of para-hydroxylation sites is 1. The van der Waals surface area contributed by atoms with Crippen LogP contribution in [-0.2, 0) is 9.59 Å².